The van der Waals surface area contributed by atoms with Gasteiger partial charge in [0.1, 0.15) is 18.2 Å². The third-order valence-corrected chi connectivity index (χ3v) is 4.42. The van der Waals surface area contributed by atoms with Gasteiger partial charge in [-0.2, -0.15) is 5.10 Å². The van der Waals surface area contributed by atoms with Crippen LogP contribution in [0.2, 0.25) is 0 Å². The lowest BCUT2D eigenvalue weighted by Crippen LogP contribution is -2.35. The Morgan fingerprint density at radius 2 is 2.20 bits per heavy atom. The first-order chi connectivity index (χ1) is 12.1. The van der Waals surface area contributed by atoms with Gasteiger partial charge in [0, 0.05) is 50.3 Å². The van der Waals surface area contributed by atoms with Crippen molar-refractivity contribution in [1.82, 2.24) is 20.0 Å². The smallest absolute Gasteiger partial charge is 0.124 e. The maximum absolute atomic E-state index is 5.93. The Balaban J connectivity index is 1.47. The topological polar surface area (TPSA) is 54.4 Å². The quantitative estimate of drug-likeness (QED) is 0.767. The van der Waals surface area contributed by atoms with Gasteiger partial charge in [0.05, 0.1) is 5.69 Å². The van der Waals surface area contributed by atoms with E-state index >= 15 is 0 Å². The van der Waals surface area contributed by atoms with Crippen molar-refractivity contribution in [3.05, 3.63) is 41.6 Å². The van der Waals surface area contributed by atoms with Crippen molar-refractivity contribution in [2.24, 2.45) is 5.92 Å². The zero-order valence-electron chi connectivity index (χ0n) is 15.5. The second kappa shape index (κ2) is 8.36. The van der Waals surface area contributed by atoms with Crippen LogP contribution >= 0.6 is 0 Å². The summed E-state index contributed by atoms with van der Waals surface area (Å²) in [6, 6.07) is 10.4. The molecule has 0 saturated heterocycles. The van der Waals surface area contributed by atoms with Crippen LogP contribution in [0.5, 0.6) is 5.75 Å². The van der Waals surface area contributed by atoms with Crippen LogP contribution in [0.25, 0.3) is 0 Å². The fraction of sp³-hybridized carbons (Fsp3) is 0.526. The highest BCUT2D eigenvalue weighted by atomic mass is 16.5. The lowest BCUT2D eigenvalue weighted by atomic mass is 10.1. The summed E-state index contributed by atoms with van der Waals surface area (Å²) in [4.78, 5) is 2.13. The second-order valence-electron chi connectivity index (χ2n) is 6.99. The molecular weight excluding hydrogens is 314 g/mol. The van der Waals surface area contributed by atoms with Crippen LogP contribution in [0, 0.1) is 12.8 Å². The van der Waals surface area contributed by atoms with Gasteiger partial charge in [0.2, 0.25) is 0 Å². The highest BCUT2D eigenvalue weighted by Gasteiger charge is 2.18. The number of fused-ring (bicyclic) bond motifs is 1. The van der Waals surface area contributed by atoms with Gasteiger partial charge in [0.15, 0.2) is 0 Å². The first-order valence-corrected chi connectivity index (χ1v) is 8.96. The third kappa shape index (κ3) is 4.96. The molecule has 1 aliphatic heterocycles. The largest absolute Gasteiger partial charge is 0.492 e. The number of anilines is 1. The number of rotatable bonds is 8. The average molecular weight is 343 g/mol. The summed E-state index contributed by atoms with van der Waals surface area (Å²) in [5.74, 6) is 2.64. The molecule has 0 bridgehead atoms. The number of likely N-dealkylation sites (N-methyl/N-ethyl adjacent to an activating group) is 1. The van der Waals surface area contributed by atoms with Crippen LogP contribution in [0.3, 0.4) is 0 Å². The number of hydrogen-bond donors (Lipinski definition) is 2. The predicted octanol–water partition coefficient (Wildman–Crippen LogP) is 1.96. The molecule has 1 aromatic carbocycles. The summed E-state index contributed by atoms with van der Waals surface area (Å²) >= 11 is 0. The number of hydrogen-bond acceptors (Lipinski definition) is 5. The molecule has 0 unspecified atom stereocenters. The van der Waals surface area contributed by atoms with E-state index in [-0.39, 0.29) is 0 Å². The second-order valence-corrected chi connectivity index (χ2v) is 6.99. The summed E-state index contributed by atoms with van der Waals surface area (Å²) in [5.41, 5.74) is 2.28. The highest BCUT2D eigenvalue weighted by molar-refractivity contribution is 5.38. The highest BCUT2D eigenvalue weighted by Crippen LogP contribution is 2.20. The third-order valence-electron chi connectivity index (χ3n) is 4.42. The van der Waals surface area contributed by atoms with Gasteiger partial charge in [-0.1, -0.05) is 18.2 Å². The first-order valence-electron chi connectivity index (χ1n) is 8.96. The molecule has 2 heterocycles. The number of benzene rings is 1. The fourth-order valence-corrected chi connectivity index (χ4v) is 3.06. The summed E-state index contributed by atoms with van der Waals surface area (Å²) in [6.07, 6.45) is 0. The van der Waals surface area contributed by atoms with E-state index in [0.717, 1.165) is 50.0 Å². The first kappa shape index (κ1) is 17.8. The van der Waals surface area contributed by atoms with E-state index in [4.69, 9.17) is 4.74 Å². The fourth-order valence-electron chi connectivity index (χ4n) is 3.06. The molecule has 1 aliphatic rings. The van der Waals surface area contributed by atoms with Crippen molar-refractivity contribution in [2.45, 2.75) is 20.0 Å². The Morgan fingerprint density at radius 1 is 1.36 bits per heavy atom. The number of nitrogens with one attached hydrogen (secondary N) is 2. The molecule has 0 spiro atoms. The van der Waals surface area contributed by atoms with Crippen molar-refractivity contribution in [1.29, 1.82) is 0 Å². The van der Waals surface area contributed by atoms with Crippen LogP contribution in [0.4, 0.5) is 5.82 Å². The van der Waals surface area contributed by atoms with Gasteiger partial charge >= 0.3 is 0 Å². The lowest BCUT2D eigenvalue weighted by molar-refractivity contribution is 0.259. The molecule has 136 valence electrons. The van der Waals surface area contributed by atoms with Crippen molar-refractivity contribution < 1.29 is 4.74 Å². The van der Waals surface area contributed by atoms with E-state index in [1.807, 2.05) is 19.1 Å². The van der Waals surface area contributed by atoms with Crippen LogP contribution in [-0.2, 0) is 13.1 Å². The molecule has 3 rings (SSSR count). The molecule has 1 aromatic heterocycles. The Labute approximate surface area is 150 Å². The zero-order valence-corrected chi connectivity index (χ0v) is 15.5. The molecule has 0 amide bonds. The minimum absolute atomic E-state index is 0.536. The molecule has 6 nitrogen and oxygen atoms in total. The Bertz CT molecular complexity index is 682. The van der Waals surface area contributed by atoms with Gasteiger partial charge in [-0.25, -0.2) is 4.68 Å². The molecule has 2 aromatic rings. The van der Waals surface area contributed by atoms with Crippen molar-refractivity contribution in [3.8, 4) is 5.75 Å². The van der Waals surface area contributed by atoms with Gasteiger partial charge in [-0.15, -0.1) is 0 Å². The van der Waals surface area contributed by atoms with Crippen LogP contribution in [-0.4, -0.2) is 55.0 Å². The number of aromatic nitrogens is 2. The summed E-state index contributed by atoms with van der Waals surface area (Å²) in [6.45, 7) is 7.38. The van der Waals surface area contributed by atoms with Gasteiger partial charge in [-0.05, 0) is 27.1 Å². The van der Waals surface area contributed by atoms with Crippen molar-refractivity contribution in [3.63, 3.8) is 0 Å². The molecular formula is C19H29N5O. The summed E-state index contributed by atoms with van der Waals surface area (Å²) in [5, 5.41) is 11.6. The summed E-state index contributed by atoms with van der Waals surface area (Å²) in [7, 11) is 4.11. The minimum Gasteiger partial charge on any atom is -0.492 e. The van der Waals surface area contributed by atoms with Crippen LogP contribution in [0.1, 0.15) is 11.3 Å². The van der Waals surface area contributed by atoms with Gasteiger partial charge < -0.3 is 20.3 Å². The molecule has 0 aliphatic carbocycles. The Morgan fingerprint density at radius 3 is 3.04 bits per heavy atom. The standard InChI is InChI=1S/C19H29N5O/c1-15-10-19-21-12-16(14-24(19)22-15)11-20-13-17-6-4-5-7-18(17)25-9-8-23(2)3/h4-7,10,16,20-21H,8-9,11-14H2,1-3H3/t16-/m1/s1. The monoisotopic (exact) mass is 343 g/mol. The normalized spacial score (nSPS) is 16.6. The van der Waals surface area contributed by atoms with E-state index in [9.17, 15) is 0 Å². The number of ether oxygens (including phenoxy) is 1. The van der Waals surface area contributed by atoms with Crippen molar-refractivity contribution in [2.75, 3.05) is 45.7 Å². The van der Waals surface area contributed by atoms with Crippen LogP contribution < -0.4 is 15.4 Å². The molecule has 1 atom stereocenters. The number of para-hydroxylation sites is 1. The van der Waals surface area contributed by atoms with E-state index < -0.39 is 0 Å². The van der Waals surface area contributed by atoms with E-state index in [2.05, 4.69) is 57.6 Å². The van der Waals surface area contributed by atoms with E-state index in [1.165, 1.54) is 5.56 Å². The van der Waals surface area contributed by atoms with Crippen molar-refractivity contribution >= 4 is 5.82 Å². The maximum atomic E-state index is 5.93. The summed E-state index contributed by atoms with van der Waals surface area (Å²) < 4.78 is 8.00. The molecule has 0 saturated carbocycles. The molecule has 6 heteroatoms. The van der Waals surface area contributed by atoms with Gasteiger partial charge in [0.25, 0.3) is 0 Å². The molecule has 0 radical (unpaired) electrons. The zero-order chi connectivity index (χ0) is 17.6. The number of nitrogens with zero attached hydrogens (tertiary/aromatic N) is 3. The Hall–Kier alpha value is -2.05. The average Bonchev–Trinajstić information content (AvgIpc) is 2.95. The minimum atomic E-state index is 0.536. The molecule has 25 heavy (non-hydrogen) atoms. The lowest BCUT2D eigenvalue weighted by Gasteiger charge is -2.25. The SMILES string of the molecule is Cc1cc2n(n1)C[C@H](CNCc1ccccc1OCCN(C)C)CN2. The Kier molecular flexibility index (Phi) is 5.94. The van der Waals surface area contributed by atoms with E-state index in [1.54, 1.807) is 0 Å². The molecule has 0 fully saturated rings. The van der Waals surface area contributed by atoms with Gasteiger partial charge in [-0.3, -0.25) is 0 Å². The molecule has 2 N–H and O–H groups in total. The maximum Gasteiger partial charge on any atom is 0.124 e. The predicted molar refractivity (Wildman–Crippen MR) is 101 cm³/mol. The van der Waals surface area contributed by atoms with E-state index in [0.29, 0.717) is 12.5 Å². The van der Waals surface area contributed by atoms with Crippen LogP contribution in [0.15, 0.2) is 30.3 Å². The number of aryl methyl sites for hydroxylation is 1.